The third-order valence-electron chi connectivity index (χ3n) is 3.42. The summed E-state index contributed by atoms with van der Waals surface area (Å²) in [6.07, 6.45) is 0.606. The Kier molecular flexibility index (Phi) is 6.64. The molecule has 0 atom stereocenters. The summed E-state index contributed by atoms with van der Waals surface area (Å²) in [6, 6.07) is 8.16. The molecule has 0 fully saturated rings. The molecule has 2 N–H and O–H groups in total. The number of carbonyl (C=O) groups is 1. The van der Waals surface area contributed by atoms with Crippen molar-refractivity contribution in [1.29, 1.82) is 0 Å². The topological polar surface area (TPSA) is 84.5 Å². The van der Waals surface area contributed by atoms with Crippen LogP contribution in [0.1, 0.15) is 16.8 Å². The maximum atomic E-state index is 13.7. The van der Waals surface area contributed by atoms with Crippen LogP contribution in [-0.4, -0.2) is 34.6 Å². The molecule has 2 aromatic rings. The van der Waals surface area contributed by atoms with Crippen LogP contribution in [0.3, 0.4) is 0 Å². The van der Waals surface area contributed by atoms with Crippen LogP contribution in [0.5, 0.6) is 0 Å². The summed E-state index contributed by atoms with van der Waals surface area (Å²) in [5, 5.41) is 2.63. The van der Waals surface area contributed by atoms with Gasteiger partial charge in [-0.15, -0.1) is 0 Å². The van der Waals surface area contributed by atoms with Gasteiger partial charge in [-0.3, -0.25) is 9.52 Å². The number of carbonyl (C=O) groups excluding carboxylic acids is 1. The fourth-order valence-corrected chi connectivity index (χ4v) is 3.24. The number of ether oxygens (including phenoxy) is 1. The smallest absolute Gasteiger partial charge is 0.262 e. The largest absolute Gasteiger partial charge is 0.385 e. The lowest BCUT2D eigenvalue weighted by molar-refractivity contribution is 0.0948. The third kappa shape index (κ3) is 4.99. The minimum atomic E-state index is -4.27. The first-order chi connectivity index (χ1) is 12.3. The molecular formula is C17H18F2N2O4S. The van der Waals surface area contributed by atoms with E-state index in [0.29, 0.717) is 19.6 Å². The Hall–Kier alpha value is -2.52. The molecule has 6 nitrogen and oxygen atoms in total. The van der Waals surface area contributed by atoms with E-state index < -0.39 is 33.3 Å². The van der Waals surface area contributed by atoms with E-state index >= 15 is 0 Å². The Balaban J connectivity index is 2.19. The number of hydrogen-bond acceptors (Lipinski definition) is 4. The van der Waals surface area contributed by atoms with Crippen molar-refractivity contribution in [1.82, 2.24) is 5.32 Å². The number of para-hydroxylation sites is 1. The van der Waals surface area contributed by atoms with Crippen molar-refractivity contribution in [3.63, 3.8) is 0 Å². The van der Waals surface area contributed by atoms with E-state index in [1.54, 1.807) is 7.11 Å². The molecule has 140 valence electrons. The second kappa shape index (κ2) is 8.72. The third-order valence-corrected chi connectivity index (χ3v) is 4.76. The maximum absolute atomic E-state index is 13.7. The Morgan fingerprint density at radius 1 is 1.12 bits per heavy atom. The van der Waals surface area contributed by atoms with E-state index in [1.165, 1.54) is 18.2 Å². The van der Waals surface area contributed by atoms with Crippen molar-refractivity contribution in [3.05, 3.63) is 59.7 Å². The molecule has 0 unspecified atom stereocenters. The van der Waals surface area contributed by atoms with Crippen molar-refractivity contribution in [3.8, 4) is 0 Å². The summed E-state index contributed by atoms with van der Waals surface area (Å²) in [5.74, 6) is -2.54. The molecule has 0 radical (unpaired) electrons. The van der Waals surface area contributed by atoms with E-state index in [-0.39, 0.29) is 10.5 Å². The van der Waals surface area contributed by atoms with Crippen LogP contribution in [-0.2, 0) is 14.8 Å². The quantitative estimate of drug-likeness (QED) is 0.685. The summed E-state index contributed by atoms with van der Waals surface area (Å²) in [6.45, 7) is 0.842. The van der Waals surface area contributed by atoms with Crippen molar-refractivity contribution in [2.24, 2.45) is 0 Å². The number of anilines is 1. The number of benzene rings is 2. The highest BCUT2D eigenvalue weighted by atomic mass is 32.2. The van der Waals surface area contributed by atoms with Gasteiger partial charge in [-0.25, -0.2) is 17.2 Å². The molecule has 0 aliphatic heterocycles. The highest BCUT2D eigenvalue weighted by molar-refractivity contribution is 7.92. The van der Waals surface area contributed by atoms with Crippen LogP contribution >= 0.6 is 0 Å². The minimum absolute atomic E-state index is 0.110. The summed E-state index contributed by atoms with van der Waals surface area (Å²) in [7, 11) is -2.73. The number of rotatable bonds is 8. The molecule has 0 aliphatic rings. The van der Waals surface area contributed by atoms with Crippen molar-refractivity contribution < 1.29 is 26.7 Å². The van der Waals surface area contributed by atoms with Crippen LogP contribution < -0.4 is 10.0 Å². The van der Waals surface area contributed by atoms with E-state index in [2.05, 4.69) is 5.32 Å². The SMILES string of the molecule is COCCCNC(=O)c1cccc(S(=O)(=O)Nc2c(F)cccc2F)c1. The molecule has 26 heavy (non-hydrogen) atoms. The van der Waals surface area contributed by atoms with Gasteiger partial charge in [-0.05, 0) is 36.8 Å². The lowest BCUT2D eigenvalue weighted by Crippen LogP contribution is -2.25. The number of nitrogens with one attached hydrogen (secondary N) is 2. The standard InChI is InChI=1S/C17H18F2N2O4S/c1-25-10-4-9-20-17(22)12-5-2-6-13(11-12)26(23,24)21-16-14(18)7-3-8-15(16)19/h2-3,5-8,11,21H,4,9-10H2,1H3,(H,20,22). The lowest BCUT2D eigenvalue weighted by atomic mass is 10.2. The van der Waals surface area contributed by atoms with E-state index in [9.17, 15) is 22.0 Å². The van der Waals surface area contributed by atoms with Gasteiger partial charge in [-0.2, -0.15) is 0 Å². The number of sulfonamides is 1. The second-order valence-electron chi connectivity index (χ2n) is 5.33. The Morgan fingerprint density at radius 2 is 1.77 bits per heavy atom. The first-order valence-corrected chi connectivity index (χ1v) is 9.17. The van der Waals surface area contributed by atoms with E-state index in [0.717, 1.165) is 24.3 Å². The fraction of sp³-hybridized carbons (Fsp3) is 0.235. The zero-order valence-corrected chi connectivity index (χ0v) is 14.8. The number of amides is 1. The van der Waals surface area contributed by atoms with Crippen LogP contribution in [0.2, 0.25) is 0 Å². The fourth-order valence-electron chi connectivity index (χ4n) is 2.11. The predicted molar refractivity (Wildman–Crippen MR) is 92.4 cm³/mol. The van der Waals surface area contributed by atoms with Gasteiger partial charge in [0.25, 0.3) is 15.9 Å². The molecule has 0 bridgehead atoms. The molecular weight excluding hydrogens is 366 g/mol. The molecule has 2 rings (SSSR count). The van der Waals surface area contributed by atoms with Gasteiger partial charge < -0.3 is 10.1 Å². The molecule has 0 saturated heterocycles. The predicted octanol–water partition coefficient (Wildman–Crippen LogP) is 2.53. The minimum Gasteiger partial charge on any atom is -0.385 e. The van der Waals surface area contributed by atoms with Gasteiger partial charge in [0.15, 0.2) is 0 Å². The zero-order chi connectivity index (χ0) is 19.2. The summed E-state index contributed by atoms with van der Waals surface area (Å²) >= 11 is 0. The molecule has 0 spiro atoms. The first kappa shape index (κ1) is 19.8. The molecule has 0 heterocycles. The van der Waals surface area contributed by atoms with E-state index in [4.69, 9.17) is 4.74 Å². The van der Waals surface area contributed by atoms with Crippen molar-refractivity contribution in [2.45, 2.75) is 11.3 Å². The molecule has 1 amide bonds. The molecule has 0 saturated carbocycles. The average Bonchev–Trinajstić information content (AvgIpc) is 2.62. The number of methoxy groups -OCH3 is 1. The lowest BCUT2D eigenvalue weighted by Gasteiger charge is -2.11. The van der Waals surface area contributed by atoms with E-state index in [1.807, 2.05) is 4.72 Å². The van der Waals surface area contributed by atoms with Crippen molar-refractivity contribution >= 4 is 21.6 Å². The normalized spacial score (nSPS) is 11.2. The summed E-state index contributed by atoms with van der Waals surface area (Å²) < 4.78 is 58.8. The number of hydrogen-bond donors (Lipinski definition) is 2. The van der Waals surface area contributed by atoms with Crippen LogP contribution in [0.25, 0.3) is 0 Å². The summed E-state index contributed by atoms with van der Waals surface area (Å²) in [4.78, 5) is 11.8. The zero-order valence-electron chi connectivity index (χ0n) is 14.0. The van der Waals surface area contributed by atoms with Gasteiger partial charge >= 0.3 is 0 Å². The van der Waals surface area contributed by atoms with Crippen LogP contribution in [0, 0.1) is 11.6 Å². The Bertz CT molecular complexity index is 868. The van der Waals surface area contributed by atoms with Gasteiger partial charge in [0, 0.05) is 25.8 Å². The van der Waals surface area contributed by atoms with Gasteiger partial charge in [0.2, 0.25) is 0 Å². The first-order valence-electron chi connectivity index (χ1n) is 7.69. The summed E-state index contributed by atoms with van der Waals surface area (Å²) in [5.41, 5.74) is -0.666. The van der Waals surface area contributed by atoms with Crippen LogP contribution in [0.15, 0.2) is 47.4 Å². The highest BCUT2D eigenvalue weighted by Crippen LogP contribution is 2.22. The second-order valence-corrected chi connectivity index (χ2v) is 7.01. The van der Waals surface area contributed by atoms with Crippen LogP contribution in [0.4, 0.5) is 14.5 Å². The maximum Gasteiger partial charge on any atom is 0.262 e. The average molecular weight is 384 g/mol. The molecule has 9 heteroatoms. The highest BCUT2D eigenvalue weighted by Gasteiger charge is 2.20. The Labute approximate surface area is 150 Å². The molecule has 0 aliphatic carbocycles. The van der Waals surface area contributed by atoms with Crippen molar-refractivity contribution in [2.75, 3.05) is 25.0 Å². The van der Waals surface area contributed by atoms with Gasteiger partial charge in [0.1, 0.15) is 17.3 Å². The van der Waals surface area contributed by atoms with Gasteiger partial charge in [-0.1, -0.05) is 12.1 Å². The molecule has 0 aromatic heterocycles. The monoisotopic (exact) mass is 384 g/mol. The molecule has 2 aromatic carbocycles. The van der Waals surface area contributed by atoms with Gasteiger partial charge in [0.05, 0.1) is 4.90 Å². The Morgan fingerprint density at radius 3 is 2.42 bits per heavy atom. The number of halogens is 2.